The van der Waals surface area contributed by atoms with Crippen molar-refractivity contribution in [3.05, 3.63) is 23.8 Å². The van der Waals surface area contributed by atoms with Gasteiger partial charge in [-0.25, -0.2) is 0 Å². The van der Waals surface area contributed by atoms with E-state index in [0.29, 0.717) is 13.2 Å². The van der Waals surface area contributed by atoms with E-state index >= 15 is 0 Å². The highest BCUT2D eigenvalue weighted by Gasteiger charge is 2.26. The maximum Gasteiger partial charge on any atom is 0.144 e. The van der Waals surface area contributed by atoms with Gasteiger partial charge in [-0.1, -0.05) is 4.40 Å². The molecule has 0 radical (unpaired) electrons. The fraction of sp³-hybridized carbons (Fsp3) is 0.562. The summed E-state index contributed by atoms with van der Waals surface area (Å²) >= 11 is -1.26. The van der Waals surface area contributed by atoms with E-state index in [1.165, 1.54) is 0 Å². The van der Waals surface area contributed by atoms with Gasteiger partial charge < -0.3 is 18.9 Å². The summed E-state index contributed by atoms with van der Waals surface area (Å²) < 4.78 is 26.7. The zero-order valence-corrected chi connectivity index (χ0v) is 14.5. The molecular weight excluding hydrogens is 300 g/mol. The van der Waals surface area contributed by atoms with Gasteiger partial charge in [0.15, 0.2) is 0 Å². The highest BCUT2D eigenvalue weighted by atomic mass is 32.2. The number of ether oxygens (including phenoxy) is 2. The Balaban J connectivity index is 2.27. The molecule has 122 valence electrons. The smallest absolute Gasteiger partial charge is 0.144 e. The zero-order chi connectivity index (χ0) is 16.2. The summed E-state index contributed by atoms with van der Waals surface area (Å²) in [5.41, 5.74) is 1.98. The number of nitrogens with zero attached hydrogens (tertiary/aromatic N) is 2. The molecule has 22 heavy (non-hydrogen) atoms. The maximum atomic E-state index is 12.1. The summed E-state index contributed by atoms with van der Waals surface area (Å²) in [4.78, 5) is 2.24. The average Bonchev–Trinajstić information content (AvgIpc) is 2.52. The molecule has 1 unspecified atom stereocenters. The first kappa shape index (κ1) is 17.1. The third-order valence-electron chi connectivity index (χ3n) is 3.40. The van der Waals surface area contributed by atoms with E-state index in [-0.39, 0.29) is 4.75 Å². The monoisotopic (exact) mass is 324 g/mol. The van der Waals surface area contributed by atoms with Gasteiger partial charge in [0.2, 0.25) is 0 Å². The van der Waals surface area contributed by atoms with Crippen molar-refractivity contribution in [1.29, 1.82) is 0 Å². The molecule has 6 heteroatoms. The van der Waals surface area contributed by atoms with E-state index in [2.05, 4.69) is 9.30 Å². The molecule has 1 aliphatic rings. The number of hydrogen-bond donors (Lipinski definition) is 0. The van der Waals surface area contributed by atoms with Gasteiger partial charge in [-0.2, -0.15) is 0 Å². The molecule has 0 spiro atoms. The largest absolute Gasteiger partial charge is 0.591 e. The molecule has 1 fully saturated rings. The fourth-order valence-electron chi connectivity index (χ4n) is 2.10. The standard InChI is InChI=1S/C16H24N2O3S/c1-16(2,3)22(19)17-12-13-5-6-14(20-4)11-15(13)18-7-9-21-10-8-18/h5-6,11-12H,7-10H2,1-4H3. The Labute approximate surface area is 135 Å². The van der Waals surface area contributed by atoms with Crippen molar-refractivity contribution >= 4 is 23.3 Å². The van der Waals surface area contributed by atoms with Crippen LogP contribution in [0.1, 0.15) is 26.3 Å². The van der Waals surface area contributed by atoms with Crippen LogP contribution in [0.5, 0.6) is 5.75 Å². The molecule has 0 aliphatic carbocycles. The van der Waals surface area contributed by atoms with Crippen LogP contribution in [0.15, 0.2) is 22.6 Å². The van der Waals surface area contributed by atoms with E-state index in [1.807, 2.05) is 39.0 Å². The lowest BCUT2D eigenvalue weighted by Crippen LogP contribution is -2.36. The Morgan fingerprint density at radius 1 is 1.32 bits per heavy atom. The summed E-state index contributed by atoms with van der Waals surface area (Å²) in [6.45, 7) is 8.82. The predicted molar refractivity (Wildman–Crippen MR) is 91.5 cm³/mol. The minimum Gasteiger partial charge on any atom is -0.591 e. The molecule has 1 aromatic rings. The number of methoxy groups -OCH3 is 1. The number of benzene rings is 1. The Kier molecular flexibility index (Phi) is 5.72. The summed E-state index contributed by atoms with van der Waals surface area (Å²) in [7, 11) is 1.65. The predicted octanol–water partition coefficient (Wildman–Crippen LogP) is 2.41. The molecule has 1 saturated heterocycles. The van der Waals surface area contributed by atoms with E-state index in [4.69, 9.17) is 9.47 Å². The second-order valence-electron chi connectivity index (χ2n) is 6.12. The molecule has 1 heterocycles. The Morgan fingerprint density at radius 2 is 2.00 bits per heavy atom. The first-order chi connectivity index (χ1) is 10.4. The molecule has 2 rings (SSSR count). The van der Waals surface area contributed by atoms with Gasteiger partial charge in [0.1, 0.15) is 21.9 Å². The minimum atomic E-state index is -1.26. The Hall–Kier alpha value is -1.24. The van der Waals surface area contributed by atoms with Crippen LogP contribution < -0.4 is 9.64 Å². The van der Waals surface area contributed by atoms with Crippen LogP contribution in [0.25, 0.3) is 0 Å². The number of anilines is 1. The lowest BCUT2D eigenvalue weighted by atomic mass is 10.1. The first-order valence-electron chi connectivity index (χ1n) is 7.38. The number of hydrogen-bond acceptors (Lipinski definition) is 5. The van der Waals surface area contributed by atoms with Crippen LogP contribution in [0.3, 0.4) is 0 Å². The zero-order valence-electron chi connectivity index (χ0n) is 13.7. The van der Waals surface area contributed by atoms with Gasteiger partial charge in [0.25, 0.3) is 0 Å². The molecule has 1 aliphatic heterocycles. The van der Waals surface area contributed by atoms with E-state index < -0.39 is 11.4 Å². The Morgan fingerprint density at radius 3 is 2.59 bits per heavy atom. The van der Waals surface area contributed by atoms with Crippen molar-refractivity contribution in [2.24, 2.45) is 4.40 Å². The maximum absolute atomic E-state index is 12.1. The van der Waals surface area contributed by atoms with Crippen molar-refractivity contribution in [2.45, 2.75) is 25.5 Å². The average molecular weight is 324 g/mol. The van der Waals surface area contributed by atoms with E-state index in [1.54, 1.807) is 13.3 Å². The summed E-state index contributed by atoms with van der Waals surface area (Å²) in [5.74, 6) is 0.801. The first-order valence-corrected chi connectivity index (χ1v) is 8.49. The van der Waals surface area contributed by atoms with Gasteiger partial charge in [0, 0.05) is 30.4 Å². The molecule has 0 bridgehead atoms. The second-order valence-corrected chi connectivity index (χ2v) is 8.05. The van der Waals surface area contributed by atoms with Gasteiger partial charge in [-0.3, -0.25) is 0 Å². The molecule has 1 atom stereocenters. The van der Waals surface area contributed by atoms with Gasteiger partial charge in [0.05, 0.1) is 26.5 Å². The molecular formula is C16H24N2O3S. The Bertz CT molecular complexity index is 523. The van der Waals surface area contributed by atoms with Crippen LogP contribution >= 0.6 is 0 Å². The summed E-state index contributed by atoms with van der Waals surface area (Å²) in [6, 6.07) is 5.84. The highest BCUT2D eigenvalue weighted by molar-refractivity contribution is 7.91. The van der Waals surface area contributed by atoms with Crippen LogP contribution in [0.2, 0.25) is 0 Å². The van der Waals surface area contributed by atoms with E-state index in [0.717, 1.165) is 30.1 Å². The normalized spacial score (nSPS) is 17.8. The van der Waals surface area contributed by atoms with Gasteiger partial charge >= 0.3 is 0 Å². The molecule has 0 saturated carbocycles. The molecule has 5 nitrogen and oxygen atoms in total. The second kappa shape index (κ2) is 7.35. The van der Waals surface area contributed by atoms with Gasteiger partial charge in [-0.05, 0) is 32.9 Å². The molecule has 0 aromatic heterocycles. The quantitative estimate of drug-likeness (QED) is 0.630. The third-order valence-corrected chi connectivity index (χ3v) is 4.75. The van der Waals surface area contributed by atoms with Gasteiger partial charge in [-0.15, -0.1) is 0 Å². The molecule has 1 aromatic carbocycles. The van der Waals surface area contributed by atoms with Crippen LogP contribution in [-0.4, -0.2) is 48.9 Å². The molecule has 0 amide bonds. The molecule has 0 N–H and O–H groups in total. The summed E-state index contributed by atoms with van der Waals surface area (Å²) in [6.07, 6.45) is 1.70. The number of rotatable bonds is 4. The van der Waals surface area contributed by atoms with Crippen molar-refractivity contribution in [3.8, 4) is 5.75 Å². The minimum absolute atomic E-state index is 0.359. The van der Waals surface area contributed by atoms with Crippen molar-refractivity contribution in [1.82, 2.24) is 0 Å². The lowest BCUT2D eigenvalue weighted by Gasteiger charge is -2.30. The van der Waals surface area contributed by atoms with Crippen molar-refractivity contribution in [2.75, 3.05) is 38.3 Å². The SMILES string of the molecule is COc1ccc(C=N[S+]([O-])C(C)(C)C)c(N2CCOCC2)c1. The highest BCUT2D eigenvalue weighted by Crippen LogP contribution is 2.26. The fourth-order valence-corrected chi connectivity index (χ4v) is 2.63. The van der Waals surface area contributed by atoms with E-state index in [9.17, 15) is 4.55 Å². The third kappa shape index (κ3) is 4.38. The lowest BCUT2D eigenvalue weighted by molar-refractivity contribution is 0.122. The van der Waals surface area contributed by atoms with Crippen molar-refractivity contribution in [3.63, 3.8) is 0 Å². The van der Waals surface area contributed by atoms with Crippen molar-refractivity contribution < 1.29 is 14.0 Å². The van der Waals surface area contributed by atoms with Crippen LogP contribution in [-0.2, 0) is 16.1 Å². The van der Waals surface area contributed by atoms with Crippen LogP contribution in [0, 0.1) is 0 Å². The summed E-state index contributed by atoms with van der Waals surface area (Å²) in [5, 5.41) is 0. The number of morpholine rings is 1. The van der Waals surface area contributed by atoms with Crippen LogP contribution in [0.4, 0.5) is 5.69 Å². The topological polar surface area (TPSA) is 57.1 Å².